The number of pyridine rings is 1. The summed E-state index contributed by atoms with van der Waals surface area (Å²) < 4.78 is 10.1. The van der Waals surface area contributed by atoms with Crippen molar-refractivity contribution in [2.45, 2.75) is 5.88 Å². The lowest BCUT2D eigenvalue weighted by molar-refractivity contribution is 0.144. The fraction of sp³-hybridized carbons (Fsp3) is 0.444. The summed E-state index contributed by atoms with van der Waals surface area (Å²) in [5, 5.41) is 0.472. The van der Waals surface area contributed by atoms with Gasteiger partial charge in [-0.2, -0.15) is 0 Å². The second-order valence-corrected chi connectivity index (χ2v) is 3.28. The van der Waals surface area contributed by atoms with Gasteiger partial charge in [0.15, 0.2) is 0 Å². The minimum Gasteiger partial charge on any atom is -0.474 e. The number of hydrogen-bond donors (Lipinski definition) is 0. The second-order valence-electron chi connectivity index (χ2n) is 2.61. The van der Waals surface area contributed by atoms with E-state index in [0.29, 0.717) is 30.0 Å². The van der Waals surface area contributed by atoms with Crippen LogP contribution in [0.1, 0.15) is 5.56 Å². The van der Waals surface area contributed by atoms with E-state index in [9.17, 15) is 0 Å². The van der Waals surface area contributed by atoms with Gasteiger partial charge < -0.3 is 9.47 Å². The Morgan fingerprint density at radius 3 is 2.79 bits per heavy atom. The van der Waals surface area contributed by atoms with Crippen LogP contribution >= 0.6 is 23.2 Å². The molecule has 0 radical (unpaired) electrons. The molecule has 0 saturated carbocycles. The Morgan fingerprint density at radius 2 is 2.21 bits per heavy atom. The zero-order chi connectivity index (χ0) is 10.4. The van der Waals surface area contributed by atoms with Gasteiger partial charge in [-0.15, -0.1) is 11.6 Å². The van der Waals surface area contributed by atoms with Crippen molar-refractivity contribution in [2.24, 2.45) is 0 Å². The zero-order valence-corrected chi connectivity index (χ0v) is 9.31. The summed E-state index contributed by atoms with van der Waals surface area (Å²) in [5.41, 5.74) is 0.871. The number of halogens is 2. The van der Waals surface area contributed by atoms with E-state index < -0.39 is 0 Å². The fourth-order valence-corrected chi connectivity index (χ4v) is 1.26. The lowest BCUT2D eigenvalue weighted by Crippen LogP contribution is -2.05. The van der Waals surface area contributed by atoms with Gasteiger partial charge in [0.25, 0.3) is 0 Å². The standard InChI is InChI=1S/C9H11Cl2NO2/c1-13-2-3-14-9-8(11)4-7(5-10)6-12-9/h4,6H,2-3,5H2,1H3. The molecule has 0 atom stereocenters. The molecule has 1 rings (SSSR count). The molecule has 0 aliphatic carbocycles. The van der Waals surface area contributed by atoms with Gasteiger partial charge in [-0.05, 0) is 11.6 Å². The van der Waals surface area contributed by atoms with Crippen LogP contribution in [-0.4, -0.2) is 25.3 Å². The number of hydrogen-bond acceptors (Lipinski definition) is 3. The van der Waals surface area contributed by atoms with E-state index in [4.69, 9.17) is 32.7 Å². The van der Waals surface area contributed by atoms with Crippen molar-refractivity contribution in [3.8, 4) is 5.88 Å². The maximum Gasteiger partial charge on any atom is 0.232 e. The van der Waals surface area contributed by atoms with Crippen LogP contribution in [0, 0.1) is 0 Å². The number of alkyl halides is 1. The smallest absolute Gasteiger partial charge is 0.232 e. The van der Waals surface area contributed by atoms with Crippen LogP contribution in [0.15, 0.2) is 12.3 Å². The van der Waals surface area contributed by atoms with Crippen LogP contribution in [0.25, 0.3) is 0 Å². The fourth-order valence-electron chi connectivity index (χ4n) is 0.866. The van der Waals surface area contributed by atoms with Gasteiger partial charge >= 0.3 is 0 Å². The Labute approximate surface area is 92.9 Å². The van der Waals surface area contributed by atoms with Gasteiger partial charge in [-0.25, -0.2) is 4.98 Å². The molecular formula is C9H11Cl2NO2. The summed E-state index contributed by atoms with van der Waals surface area (Å²) in [6.45, 7) is 0.943. The summed E-state index contributed by atoms with van der Waals surface area (Å²) in [6, 6.07) is 1.74. The first kappa shape index (κ1) is 11.6. The molecule has 0 aliphatic rings. The van der Waals surface area contributed by atoms with Gasteiger partial charge in [-0.1, -0.05) is 11.6 Å². The van der Waals surface area contributed by atoms with Gasteiger partial charge in [0, 0.05) is 19.2 Å². The maximum atomic E-state index is 5.90. The van der Waals surface area contributed by atoms with E-state index in [1.54, 1.807) is 19.4 Å². The summed E-state index contributed by atoms with van der Waals surface area (Å²) in [7, 11) is 1.61. The van der Waals surface area contributed by atoms with E-state index in [1.165, 1.54) is 0 Å². The molecule has 3 nitrogen and oxygen atoms in total. The lowest BCUT2D eigenvalue weighted by atomic mass is 10.3. The van der Waals surface area contributed by atoms with Crippen LogP contribution in [0.5, 0.6) is 5.88 Å². The first-order valence-electron chi connectivity index (χ1n) is 4.10. The Hall–Kier alpha value is -0.510. The van der Waals surface area contributed by atoms with Gasteiger partial charge in [0.05, 0.1) is 6.61 Å². The van der Waals surface area contributed by atoms with Crippen molar-refractivity contribution in [2.75, 3.05) is 20.3 Å². The van der Waals surface area contributed by atoms with Crippen LogP contribution in [0.3, 0.4) is 0 Å². The number of nitrogens with zero attached hydrogens (tertiary/aromatic N) is 1. The lowest BCUT2D eigenvalue weighted by Gasteiger charge is -2.06. The summed E-state index contributed by atoms with van der Waals surface area (Å²) in [4.78, 5) is 4.03. The average Bonchev–Trinajstić information content (AvgIpc) is 2.20. The largest absolute Gasteiger partial charge is 0.474 e. The third-order valence-electron chi connectivity index (χ3n) is 1.54. The van der Waals surface area contributed by atoms with Crippen molar-refractivity contribution < 1.29 is 9.47 Å². The highest BCUT2D eigenvalue weighted by molar-refractivity contribution is 6.32. The molecule has 1 heterocycles. The molecule has 0 fully saturated rings. The topological polar surface area (TPSA) is 31.4 Å². The molecule has 78 valence electrons. The highest BCUT2D eigenvalue weighted by Crippen LogP contribution is 2.22. The molecule has 0 saturated heterocycles. The first-order valence-corrected chi connectivity index (χ1v) is 5.01. The second kappa shape index (κ2) is 6.06. The molecule has 0 spiro atoms. The van der Waals surface area contributed by atoms with Crippen molar-refractivity contribution in [1.82, 2.24) is 4.98 Å². The molecule has 0 N–H and O–H groups in total. The highest BCUT2D eigenvalue weighted by atomic mass is 35.5. The minimum atomic E-state index is 0.394. The quantitative estimate of drug-likeness (QED) is 0.581. The van der Waals surface area contributed by atoms with Crippen LogP contribution in [0.4, 0.5) is 0 Å². The van der Waals surface area contributed by atoms with Crippen molar-refractivity contribution in [3.05, 3.63) is 22.8 Å². The molecule has 14 heavy (non-hydrogen) atoms. The third-order valence-corrected chi connectivity index (χ3v) is 2.12. The Bertz CT molecular complexity index is 294. The van der Waals surface area contributed by atoms with Gasteiger partial charge in [0.1, 0.15) is 11.6 Å². The maximum absolute atomic E-state index is 5.90. The molecule has 0 aliphatic heterocycles. The van der Waals surface area contributed by atoms with Gasteiger partial charge in [0.2, 0.25) is 5.88 Å². The van der Waals surface area contributed by atoms with E-state index in [-0.39, 0.29) is 0 Å². The summed E-state index contributed by atoms with van der Waals surface area (Å²) in [5.74, 6) is 0.808. The van der Waals surface area contributed by atoms with E-state index in [1.807, 2.05) is 0 Å². The predicted octanol–water partition coefficient (Wildman–Crippen LogP) is 2.50. The molecule has 0 aromatic carbocycles. The first-order chi connectivity index (χ1) is 6.77. The Kier molecular flexibility index (Phi) is 5.01. The molecule has 0 bridgehead atoms. The van der Waals surface area contributed by atoms with Crippen LogP contribution < -0.4 is 4.74 Å². The average molecular weight is 236 g/mol. The van der Waals surface area contributed by atoms with Gasteiger partial charge in [-0.3, -0.25) is 0 Å². The normalized spacial score (nSPS) is 10.2. The number of ether oxygens (including phenoxy) is 2. The van der Waals surface area contributed by atoms with E-state index in [0.717, 1.165) is 5.56 Å². The van der Waals surface area contributed by atoms with Crippen molar-refractivity contribution >= 4 is 23.2 Å². The van der Waals surface area contributed by atoms with Crippen molar-refractivity contribution in [1.29, 1.82) is 0 Å². The molecule has 1 aromatic rings. The SMILES string of the molecule is COCCOc1ncc(CCl)cc1Cl. The zero-order valence-electron chi connectivity index (χ0n) is 7.80. The summed E-state index contributed by atoms with van der Waals surface area (Å²) >= 11 is 11.5. The molecule has 1 aromatic heterocycles. The molecule has 0 unspecified atom stereocenters. The molecule has 5 heteroatoms. The number of rotatable bonds is 5. The monoisotopic (exact) mass is 235 g/mol. The van der Waals surface area contributed by atoms with Crippen molar-refractivity contribution in [3.63, 3.8) is 0 Å². The molecule has 0 amide bonds. The number of aromatic nitrogens is 1. The van der Waals surface area contributed by atoms with E-state index >= 15 is 0 Å². The molecular weight excluding hydrogens is 225 g/mol. The summed E-state index contributed by atoms with van der Waals surface area (Å²) in [6.07, 6.45) is 1.64. The highest BCUT2D eigenvalue weighted by Gasteiger charge is 2.03. The Morgan fingerprint density at radius 1 is 1.43 bits per heavy atom. The van der Waals surface area contributed by atoms with Crippen LogP contribution in [-0.2, 0) is 10.6 Å². The van der Waals surface area contributed by atoms with E-state index in [2.05, 4.69) is 4.98 Å². The number of methoxy groups -OCH3 is 1. The third kappa shape index (κ3) is 3.33. The minimum absolute atomic E-state index is 0.394. The predicted molar refractivity (Wildman–Crippen MR) is 56.2 cm³/mol. The van der Waals surface area contributed by atoms with Crippen LogP contribution in [0.2, 0.25) is 5.02 Å². The Balaban J connectivity index is 2.59.